The molecule has 0 saturated carbocycles. The zero-order valence-corrected chi connectivity index (χ0v) is 5.47. The van der Waals surface area contributed by atoms with Crippen LogP contribution in [-0.4, -0.2) is 23.5 Å². The molecule has 54 valence electrons. The predicted octanol–water partition coefficient (Wildman–Crippen LogP) is -1.05. The number of nitrogens with one attached hydrogen (secondary N) is 1. The molecule has 0 fully saturated rings. The van der Waals surface area contributed by atoms with Gasteiger partial charge in [-0.3, -0.25) is 14.9 Å². The molecule has 1 aliphatic rings. The van der Waals surface area contributed by atoms with Crippen molar-refractivity contribution in [2.75, 3.05) is 6.61 Å². The van der Waals surface area contributed by atoms with Gasteiger partial charge >= 0.3 is 0 Å². The lowest BCUT2D eigenvalue weighted by Crippen LogP contribution is -2.23. The Morgan fingerprint density at radius 3 is 2.20 bits per heavy atom. The molecule has 2 N–H and O–H groups in total. The van der Waals surface area contributed by atoms with E-state index in [0.717, 1.165) is 0 Å². The van der Waals surface area contributed by atoms with E-state index < -0.39 is 11.8 Å². The number of carbonyl (C=O) groups is 2. The molecule has 0 bridgehead atoms. The van der Waals surface area contributed by atoms with Crippen LogP contribution in [0.3, 0.4) is 0 Å². The summed E-state index contributed by atoms with van der Waals surface area (Å²) in [5, 5.41) is 10.6. The van der Waals surface area contributed by atoms with Crippen molar-refractivity contribution in [3.63, 3.8) is 0 Å². The van der Waals surface area contributed by atoms with Crippen LogP contribution in [0.5, 0.6) is 0 Å². The van der Waals surface area contributed by atoms with Crippen molar-refractivity contribution in [3.05, 3.63) is 11.1 Å². The second kappa shape index (κ2) is 2.22. The Hall–Kier alpha value is -1.16. The Bertz CT molecular complexity index is 229. The highest BCUT2D eigenvalue weighted by atomic mass is 16.3. The number of imide groups is 1. The molecule has 1 aliphatic heterocycles. The minimum atomic E-state index is -0.481. The van der Waals surface area contributed by atoms with E-state index in [2.05, 4.69) is 5.32 Å². The summed E-state index contributed by atoms with van der Waals surface area (Å²) in [5.41, 5.74) is 0.484. The Balaban J connectivity index is 3.01. The van der Waals surface area contributed by atoms with Gasteiger partial charge in [0.15, 0.2) is 0 Å². The molecule has 0 radical (unpaired) electrons. The van der Waals surface area contributed by atoms with Crippen LogP contribution in [0.1, 0.15) is 6.92 Å². The van der Waals surface area contributed by atoms with Crippen molar-refractivity contribution in [1.82, 2.24) is 5.32 Å². The summed E-state index contributed by atoms with van der Waals surface area (Å²) in [7, 11) is 0. The summed E-state index contributed by atoms with van der Waals surface area (Å²) in [6.45, 7) is 1.13. The predicted molar refractivity (Wildman–Crippen MR) is 32.9 cm³/mol. The van der Waals surface area contributed by atoms with Crippen molar-refractivity contribution >= 4 is 11.8 Å². The maximum atomic E-state index is 10.7. The van der Waals surface area contributed by atoms with E-state index in [0.29, 0.717) is 5.57 Å². The molecular weight excluding hydrogens is 134 g/mol. The second-order valence-corrected chi connectivity index (χ2v) is 2.04. The fraction of sp³-hybridized carbons (Fsp3) is 0.333. The van der Waals surface area contributed by atoms with Crippen molar-refractivity contribution in [3.8, 4) is 0 Å². The van der Waals surface area contributed by atoms with Gasteiger partial charge in [-0.1, -0.05) is 0 Å². The van der Waals surface area contributed by atoms with Crippen LogP contribution < -0.4 is 5.32 Å². The number of rotatable bonds is 1. The lowest BCUT2D eigenvalue weighted by atomic mass is 10.2. The molecule has 10 heavy (non-hydrogen) atoms. The highest BCUT2D eigenvalue weighted by Gasteiger charge is 2.25. The van der Waals surface area contributed by atoms with Crippen molar-refractivity contribution in [2.24, 2.45) is 0 Å². The summed E-state index contributed by atoms with van der Waals surface area (Å²) >= 11 is 0. The number of amides is 2. The summed E-state index contributed by atoms with van der Waals surface area (Å²) in [6.07, 6.45) is 0. The van der Waals surface area contributed by atoms with Gasteiger partial charge in [0, 0.05) is 5.57 Å². The average molecular weight is 141 g/mol. The minimum Gasteiger partial charge on any atom is -0.391 e. The number of hydrogen-bond acceptors (Lipinski definition) is 3. The van der Waals surface area contributed by atoms with Crippen LogP contribution in [0, 0.1) is 0 Å². The molecule has 1 rings (SSSR count). The lowest BCUT2D eigenvalue weighted by Gasteiger charge is -1.89. The molecule has 0 atom stereocenters. The topological polar surface area (TPSA) is 66.4 Å². The first kappa shape index (κ1) is 6.95. The molecule has 4 nitrogen and oxygen atoms in total. The molecule has 2 amide bonds. The van der Waals surface area contributed by atoms with Gasteiger partial charge in [-0.25, -0.2) is 0 Å². The summed E-state index contributed by atoms with van der Waals surface area (Å²) in [4.78, 5) is 21.3. The van der Waals surface area contributed by atoms with Gasteiger partial charge in [0.25, 0.3) is 11.8 Å². The number of hydrogen-bond donors (Lipinski definition) is 2. The SMILES string of the molecule is CC1=C(CO)C(=O)NC1=O. The van der Waals surface area contributed by atoms with E-state index >= 15 is 0 Å². The number of aliphatic hydroxyl groups is 1. The van der Waals surface area contributed by atoms with Gasteiger partial charge in [-0.15, -0.1) is 0 Å². The van der Waals surface area contributed by atoms with E-state index in [1.165, 1.54) is 6.92 Å². The Labute approximate surface area is 57.5 Å². The molecular formula is C6H7NO3. The normalized spacial score (nSPS) is 18.2. The van der Waals surface area contributed by atoms with Gasteiger partial charge in [0.05, 0.1) is 12.2 Å². The molecule has 0 aromatic heterocycles. The minimum absolute atomic E-state index is 0.171. The third kappa shape index (κ3) is 0.823. The second-order valence-electron chi connectivity index (χ2n) is 2.04. The van der Waals surface area contributed by atoms with Gasteiger partial charge in [-0.05, 0) is 6.92 Å². The quantitative estimate of drug-likeness (QED) is 0.458. The zero-order valence-electron chi connectivity index (χ0n) is 5.47. The summed E-state index contributed by atoms with van der Waals surface area (Å²) in [5.74, 6) is -0.890. The third-order valence-electron chi connectivity index (χ3n) is 1.45. The molecule has 0 unspecified atom stereocenters. The Kier molecular flexibility index (Phi) is 1.55. The molecule has 0 aromatic rings. The fourth-order valence-electron chi connectivity index (χ4n) is 0.770. The van der Waals surface area contributed by atoms with Gasteiger partial charge in [-0.2, -0.15) is 0 Å². The smallest absolute Gasteiger partial charge is 0.256 e. The lowest BCUT2D eigenvalue weighted by molar-refractivity contribution is -0.124. The highest BCUT2D eigenvalue weighted by molar-refractivity contribution is 6.19. The van der Waals surface area contributed by atoms with Gasteiger partial charge < -0.3 is 5.11 Å². The monoisotopic (exact) mass is 141 g/mol. The first-order chi connectivity index (χ1) is 4.66. The van der Waals surface area contributed by atoms with E-state index in [1.807, 2.05) is 0 Å². The molecule has 0 aliphatic carbocycles. The van der Waals surface area contributed by atoms with Crippen LogP contribution in [-0.2, 0) is 9.59 Å². The van der Waals surface area contributed by atoms with Crippen LogP contribution in [0.15, 0.2) is 11.1 Å². The first-order valence-electron chi connectivity index (χ1n) is 2.83. The molecule has 0 spiro atoms. The largest absolute Gasteiger partial charge is 0.391 e. The number of aliphatic hydroxyl groups excluding tert-OH is 1. The highest BCUT2D eigenvalue weighted by Crippen LogP contribution is 2.09. The first-order valence-corrected chi connectivity index (χ1v) is 2.83. The Morgan fingerprint density at radius 2 is 2.00 bits per heavy atom. The average Bonchev–Trinajstić information content (AvgIpc) is 2.09. The summed E-state index contributed by atoms with van der Waals surface area (Å²) < 4.78 is 0. The number of carbonyl (C=O) groups excluding carboxylic acids is 2. The van der Waals surface area contributed by atoms with Crippen molar-refractivity contribution in [2.45, 2.75) is 6.92 Å². The molecule has 0 aromatic carbocycles. The Morgan fingerprint density at radius 1 is 1.40 bits per heavy atom. The van der Waals surface area contributed by atoms with Gasteiger partial charge in [0.1, 0.15) is 0 Å². The van der Waals surface area contributed by atoms with E-state index in [9.17, 15) is 9.59 Å². The van der Waals surface area contributed by atoms with Crippen molar-refractivity contribution < 1.29 is 14.7 Å². The molecule has 1 heterocycles. The third-order valence-corrected chi connectivity index (χ3v) is 1.45. The van der Waals surface area contributed by atoms with Crippen LogP contribution in [0.25, 0.3) is 0 Å². The van der Waals surface area contributed by atoms with E-state index in [4.69, 9.17) is 5.11 Å². The maximum absolute atomic E-state index is 10.7. The van der Waals surface area contributed by atoms with E-state index in [-0.39, 0.29) is 12.2 Å². The molecule has 0 saturated heterocycles. The van der Waals surface area contributed by atoms with Gasteiger partial charge in [0.2, 0.25) is 0 Å². The van der Waals surface area contributed by atoms with Crippen molar-refractivity contribution in [1.29, 1.82) is 0 Å². The van der Waals surface area contributed by atoms with Crippen LogP contribution in [0.2, 0.25) is 0 Å². The standard InChI is InChI=1S/C6H7NO3/c1-3-4(2-8)6(10)7-5(3)9/h8H,2H2,1H3,(H,7,9,10). The van der Waals surface area contributed by atoms with E-state index in [1.54, 1.807) is 0 Å². The maximum Gasteiger partial charge on any atom is 0.256 e. The fourth-order valence-corrected chi connectivity index (χ4v) is 0.770. The molecule has 4 heteroatoms. The zero-order chi connectivity index (χ0) is 7.72. The van der Waals surface area contributed by atoms with Crippen LogP contribution >= 0.6 is 0 Å². The summed E-state index contributed by atoms with van der Waals surface area (Å²) in [6, 6.07) is 0. The van der Waals surface area contributed by atoms with Crippen LogP contribution in [0.4, 0.5) is 0 Å².